The molecule has 0 saturated heterocycles. The zero-order valence-corrected chi connectivity index (χ0v) is 17.7. The van der Waals surface area contributed by atoms with Crippen molar-refractivity contribution in [3.05, 3.63) is 74.2 Å². The lowest BCUT2D eigenvalue weighted by atomic mass is 10.2. The van der Waals surface area contributed by atoms with Gasteiger partial charge in [-0.15, -0.1) is 11.3 Å². The van der Waals surface area contributed by atoms with Crippen molar-refractivity contribution in [2.45, 2.75) is 34.1 Å². The van der Waals surface area contributed by atoms with Crippen LogP contribution in [0.1, 0.15) is 29.0 Å². The largest absolute Gasteiger partial charge is 0.311 e. The van der Waals surface area contributed by atoms with Crippen molar-refractivity contribution >= 4 is 11.3 Å². The normalized spacial score (nSPS) is 11.3. The molecule has 0 spiro atoms. The van der Waals surface area contributed by atoms with Gasteiger partial charge in [0.1, 0.15) is 5.69 Å². The van der Waals surface area contributed by atoms with Crippen LogP contribution in [-0.2, 0) is 13.5 Å². The summed E-state index contributed by atoms with van der Waals surface area (Å²) in [5.41, 5.74) is 6.60. The molecular weight excluding hydrogens is 368 g/mol. The maximum absolute atomic E-state index is 13.4. The molecule has 0 unspecified atom stereocenters. The van der Waals surface area contributed by atoms with Crippen molar-refractivity contribution in [1.29, 1.82) is 0 Å². The van der Waals surface area contributed by atoms with Crippen LogP contribution in [0, 0.1) is 20.8 Å². The van der Waals surface area contributed by atoms with Crippen molar-refractivity contribution in [1.82, 2.24) is 18.9 Å². The van der Waals surface area contributed by atoms with Crippen LogP contribution in [0.3, 0.4) is 0 Å². The lowest BCUT2D eigenvalue weighted by Gasteiger charge is -2.08. The first-order valence-electron chi connectivity index (χ1n) is 9.42. The van der Waals surface area contributed by atoms with E-state index in [4.69, 9.17) is 4.98 Å². The zero-order chi connectivity index (χ0) is 20.0. The fraction of sp³-hybridized carbons (Fsp3) is 0.273. The summed E-state index contributed by atoms with van der Waals surface area (Å²) in [6.07, 6.45) is 0.934. The number of thiazole rings is 1. The number of benzene rings is 1. The Morgan fingerprint density at radius 1 is 1.07 bits per heavy atom. The van der Waals surface area contributed by atoms with Gasteiger partial charge in [-0.2, -0.15) is 0 Å². The first kappa shape index (κ1) is 18.5. The van der Waals surface area contributed by atoms with E-state index in [9.17, 15) is 4.79 Å². The van der Waals surface area contributed by atoms with Crippen LogP contribution in [0.4, 0.5) is 0 Å². The third-order valence-electron chi connectivity index (χ3n) is 5.31. The molecular formula is C22H24N4OS. The highest BCUT2D eigenvalue weighted by molar-refractivity contribution is 7.09. The molecule has 3 heterocycles. The van der Waals surface area contributed by atoms with Crippen molar-refractivity contribution in [2.24, 2.45) is 7.05 Å². The molecule has 0 fully saturated rings. The lowest BCUT2D eigenvalue weighted by Crippen LogP contribution is -2.21. The Hall–Kier alpha value is -2.86. The summed E-state index contributed by atoms with van der Waals surface area (Å²) < 4.78 is 5.71. The molecule has 0 aliphatic heterocycles. The number of aromatic nitrogens is 4. The Morgan fingerprint density at radius 3 is 2.43 bits per heavy atom. The number of rotatable bonds is 4. The third kappa shape index (κ3) is 2.76. The Labute approximate surface area is 168 Å². The first-order valence-corrected chi connectivity index (χ1v) is 10.3. The Kier molecular flexibility index (Phi) is 4.59. The van der Waals surface area contributed by atoms with Crippen molar-refractivity contribution < 1.29 is 0 Å². The smallest absolute Gasteiger partial charge is 0.295 e. The molecule has 0 amide bonds. The van der Waals surface area contributed by atoms with Gasteiger partial charge in [-0.3, -0.25) is 9.48 Å². The Morgan fingerprint density at radius 2 is 1.79 bits per heavy atom. The number of aryl methyl sites for hydroxylation is 2. The molecule has 5 nitrogen and oxygen atoms in total. The van der Waals surface area contributed by atoms with Crippen LogP contribution < -0.4 is 5.56 Å². The molecule has 0 radical (unpaired) electrons. The van der Waals surface area contributed by atoms with E-state index in [1.165, 1.54) is 0 Å². The van der Waals surface area contributed by atoms with Crippen LogP contribution in [0.15, 0.2) is 46.6 Å². The standard InChI is InChI=1S/C22H24N4OS/c1-6-20-23-19(13-28-20)18-12-14(2)25(15(18)3)21-16(4)24(5)26(22(21)27)17-10-8-7-9-11-17/h7-13H,6H2,1-5H3. The third-order valence-corrected chi connectivity index (χ3v) is 6.30. The molecule has 144 valence electrons. The van der Waals surface area contributed by atoms with E-state index in [1.54, 1.807) is 16.0 Å². The maximum Gasteiger partial charge on any atom is 0.295 e. The summed E-state index contributed by atoms with van der Waals surface area (Å²) in [6, 6.07) is 11.9. The molecule has 3 aromatic heterocycles. The summed E-state index contributed by atoms with van der Waals surface area (Å²) in [5, 5.41) is 3.23. The van der Waals surface area contributed by atoms with Crippen LogP contribution in [0.25, 0.3) is 22.6 Å². The molecule has 1 aromatic carbocycles. The van der Waals surface area contributed by atoms with E-state index in [0.29, 0.717) is 5.69 Å². The summed E-state index contributed by atoms with van der Waals surface area (Å²) in [4.78, 5) is 18.2. The average Bonchev–Trinajstić information content (AvgIpc) is 3.34. The predicted molar refractivity (Wildman–Crippen MR) is 115 cm³/mol. The monoisotopic (exact) mass is 392 g/mol. The number of hydrogen-bond donors (Lipinski definition) is 0. The second kappa shape index (κ2) is 6.95. The maximum atomic E-state index is 13.4. The second-order valence-electron chi connectivity index (χ2n) is 7.01. The molecule has 0 aliphatic rings. The highest BCUT2D eigenvalue weighted by Gasteiger charge is 2.22. The van der Waals surface area contributed by atoms with Crippen LogP contribution in [0.5, 0.6) is 0 Å². The van der Waals surface area contributed by atoms with Gasteiger partial charge in [0.2, 0.25) is 0 Å². The Bertz CT molecular complexity index is 1210. The van der Waals surface area contributed by atoms with Crippen molar-refractivity contribution in [2.75, 3.05) is 0 Å². The van der Waals surface area contributed by atoms with Gasteiger partial charge in [0, 0.05) is 29.4 Å². The molecule has 0 aliphatic carbocycles. The zero-order valence-electron chi connectivity index (χ0n) is 16.9. The highest BCUT2D eigenvalue weighted by atomic mass is 32.1. The molecule has 0 saturated carbocycles. The quantitative estimate of drug-likeness (QED) is 0.510. The summed E-state index contributed by atoms with van der Waals surface area (Å²) in [6.45, 7) is 8.21. The van der Waals surface area contributed by atoms with Crippen molar-refractivity contribution in [3.8, 4) is 22.6 Å². The van der Waals surface area contributed by atoms with Gasteiger partial charge >= 0.3 is 0 Å². The lowest BCUT2D eigenvalue weighted by molar-refractivity contribution is 0.630. The van der Waals surface area contributed by atoms with Crippen molar-refractivity contribution in [3.63, 3.8) is 0 Å². The minimum atomic E-state index is -0.0212. The topological polar surface area (TPSA) is 44.8 Å². The van der Waals surface area contributed by atoms with Gasteiger partial charge in [-0.05, 0) is 45.4 Å². The molecule has 4 aromatic rings. The molecule has 28 heavy (non-hydrogen) atoms. The van der Waals surface area contributed by atoms with Gasteiger partial charge in [-0.25, -0.2) is 9.67 Å². The van der Waals surface area contributed by atoms with Gasteiger partial charge < -0.3 is 4.57 Å². The number of para-hydroxylation sites is 1. The Balaban J connectivity index is 1.93. The van der Waals surface area contributed by atoms with Gasteiger partial charge in [0.25, 0.3) is 5.56 Å². The predicted octanol–water partition coefficient (Wildman–Crippen LogP) is 4.58. The first-order chi connectivity index (χ1) is 13.4. The van der Waals surface area contributed by atoms with E-state index in [1.807, 2.05) is 55.9 Å². The molecule has 0 bridgehead atoms. The fourth-order valence-corrected chi connectivity index (χ4v) is 4.52. The molecule has 4 rings (SSSR count). The van der Waals surface area contributed by atoms with E-state index in [0.717, 1.165) is 45.5 Å². The molecule has 6 heteroatoms. The summed E-state index contributed by atoms with van der Waals surface area (Å²) in [5.74, 6) is 0. The SMILES string of the molecule is CCc1nc(-c2cc(C)n(-c3c(C)n(C)n(-c4ccccc4)c3=O)c2C)cs1. The number of nitrogens with zero attached hydrogens (tertiary/aromatic N) is 4. The van der Waals surface area contributed by atoms with E-state index >= 15 is 0 Å². The van der Waals surface area contributed by atoms with Gasteiger partial charge in [-0.1, -0.05) is 25.1 Å². The molecule has 0 atom stereocenters. The molecule has 0 N–H and O–H groups in total. The van der Waals surface area contributed by atoms with Gasteiger partial charge in [0.15, 0.2) is 0 Å². The van der Waals surface area contributed by atoms with Gasteiger partial charge in [0.05, 0.1) is 22.1 Å². The van der Waals surface area contributed by atoms with Crippen LogP contribution in [0.2, 0.25) is 0 Å². The van der Waals surface area contributed by atoms with E-state index in [2.05, 4.69) is 29.9 Å². The van der Waals surface area contributed by atoms with Crippen LogP contribution in [-0.4, -0.2) is 18.9 Å². The summed E-state index contributed by atoms with van der Waals surface area (Å²) in [7, 11) is 1.93. The minimum Gasteiger partial charge on any atom is -0.311 e. The highest BCUT2D eigenvalue weighted by Crippen LogP contribution is 2.30. The number of hydrogen-bond acceptors (Lipinski definition) is 3. The second-order valence-corrected chi connectivity index (χ2v) is 7.95. The van der Waals surface area contributed by atoms with Crippen LogP contribution >= 0.6 is 11.3 Å². The van der Waals surface area contributed by atoms with E-state index < -0.39 is 0 Å². The summed E-state index contributed by atoms with van der Waals surface area (Å²) >= 11 is 1.68. The fourth-order valence-electron chi connectivity index (χ4n) is 3.77. The minimum absolute atomic E-state index is 0.0212. The van der Waals surface area contributed by atoms with E-state index in [-0.39, 0.29) is 5.56 Å². The average molecular weight is 393 g/mol.